The molecule has 192 valence electrons. The first kappa shape index (κ1) is 26.8. The number of alkyl halides is 2. The average Bonchev–Trinajstić information content (AvgIpc) is 3.36. The second-order valence-electron chi connectivity index (χ2n) is 8.93. The Morgan fingerprint density at radius 1 is 1.22 bits per heavy atom. The van der Waals surface area contributed by atoms with E-state index in [9.17, 15) is 18.4 Å². The number of hydrogen-bond donors (Lipinski definition) is 4. The Balaban J connectivity index is 1.74. The summed E-state index contributed by atoms with van der Waals surface area (Å²) in [5.41, 5.74) is 6.82. The number of rotatable bonds is 10. The molecule has 1 aliphatic rings. The molecule has 2 aromatic rings. The third-order valence-corrected chi connectivity index (χ3v) is 6.00. The number of aromatic nitrogens is 1. The molecule has 1 atom stereocenters. The van der Waals surface area contributed by atoms with Crippen LogP contribution in [0.1, 0.15) is 55.1 Å². The quantitative estimate of drug-likeness (QED) is 0.365. The molecule has 1 fully saturated rings. The van der Waals surface area contributed by atoms with Gasteiger partial charge < -0.3 is 21.7 Å². The van der Waals surface area contributed by atoms with Crippen LogP contribution in [0.25, 0.3) is 0 Å². The van der Waals surface area contributed by atoms with Crippen LogP contribution in [-0.4, -0.2) is 36.1 Å². The monoisotopic (exact) mass is 498 g/mol. The molecule has 1 saturated carbocycles. The van der Waals surface area contributed by atoms with Gasteiger partial charge >= 0.3 is 0 Å². The van der Waals surface area contributed by atoms with Crippen LogP contribution in [0.3, 0.4) is 0 Å². The molecule has 1 heterocycles. The fraction of sp³-hybridized carbons (Fsp3) is 0.385. The normalized spacial score (nSPS) is 15.6. The standard InChI is InChI=1S/C26H32F2N6O2/c1-26(27,28)23-14-20(10-11-31-23)32-19-9-5-8-18(13-19)24(35)34-22(12-17-6-3-4-7-17)25(36)33-21(15-29)16-30-2/h5,8-11,13-17,22H,3-4,6-7,12,29H2,1-2H3,(H,31,32)(H,33,36)(H,34,35)/b21-15+,30-16?/t22-/m0/s1. The van der Waals surface area contributed by atoms with E-state index >= 15 is 0 Å². The van der Waals surface area contributed by atoms with Crippen molar-refractivity contribution in [3.8, 4) is 0 Å². The molecule has 5 N–H and O–H groups in total. The maximum Gasteiger partial charge on any atom is 0.287 e. The second kappa shape index (κ2) is 12.2. The van der Waals surface area contributed by atoms with E-state index in [0.29, 0.717) is 35.0 Å². The number of nitrogens with zero attached hydrogens (tertiary/aromatic N) is 2. The lowest BCUT2D eigenvalue weighted by atomic mass is 9.97. The van der Waals surface area contributed by atoms with Gasteiger partial charge in [0.05, 0.1) is 5.70 Å². The fourth-order valence-electron chi connectivity index (χ4n) is 4.19. The van der Waals surface area contributed by atoms with E-state index in [1.54, 1.807) is 37.4 Å². The van der Waals surface area contributed by atoms with Crippen molar-refractivity contribution in [3.05, 3.63) is 65.7 Å². The predicted octanol–water partition coefficient (Wildman–Crippen LogP) is 4.23. The van der Waals surface area contributed by atoms with Crippen molar-refractivity contribution in [3.63, 3.8) is 0 Å². The van der Waals surface area contributed by atoms with Crippen LogP contribution in [0.5, 0.6) is 0 Å². The second-order valence-corrected chi connectivity index (χ2v) is 8.93. The Hall–Kier alpha value is -3.82. The molecular formula is C26H32F2N6O2. The van der Waals surface area contributed by atoms with Gasteiger partial charge in [-0.25, -0.2) is 0 Å². The summed E-state index contributed by atoms with van der Waals surface area (Å²) in [4.78, 5) is 33.7. The minimum atomic E-state index is -3.07. The number of halogens is 2. The Bertz CT molecular complexity index is 1120. The zero-order chi connectivity index (χ0) is 26.1. The van der Waals surface area contributed by atoms with Crippen LogP contribution in [0.15, 0.2) is 59.5 Å². The molecule has 0 spiro atoms. The summed E-state index contributed by atoms with van der Waals surface area (Å²) in [6.45, 7) is 0.781. The van der Waals surface area contributed by atoms with Crippen molar-refractivity contribution in [1.82, 2.24) is 15.6 Å². The molecule has 1 aliphatic carbocycles. The average molecular weight is 499 g/mol. The molecule has 2 amide bonds. The summed E-state index contributed by atoms with van der Waals surface area (Å²) in [5.74, 6) is -3.52. The number of aliphatic imine (C=N–C) groups is 1. The zero-order valence-corrected chi connectivity index (χ0v) is 20.4. The Labute approximate surface area is 209 Å². The van der Waals surface area contributed by atoms with Gasteiger partial charge in [-0.15, -0.1) is 0 Å². The van der Waals surface area contributed by atoms with Gasteiger partial charge in [0.2, 0.25) is 5.91 Å². The number of amides is 2. The van der Waals surface area contributed by atoms with Gasteiger partial charge in [-0.2, -0.15) is 8.78 Å². The summed E-state index contributed by atoms with van der Waals surface area (Å²) in [6, 6.07) is 8.67. The molecule has 3 rings (SSSR count). The summed E-state index contributed by atoms with van der Waals surface area (Å²) >= 11 is 0. The molecule has 1 aromatic heterocycles. The maximum atomic E-state index is 13.6. The van der Waals surface area contributed by atoms with Crippen molar-refractivity contribution in [1.29, 1.82) is 0 Å². The van der Waals surface area contributed by atoms with Gasteiger partial charge in [0.1, 0.15) is 11.7 Å². The first-order valence-corrected chi connectivity index (χ1v) is 11.9. The predicted molar refractivity (Wildman–Crippen MR) is 136 cm³/mol. The molecule has 1 aromatic carbocycles. The highest BCUT2D eigenvalue weighted by Crippen LogP contribution is 2.29. The Morgan fingerprint density at radius 3 is 2.61 bits per heavy atom. The summed E-state index contributed by atoms with van der Waals surface area (Å²) in [5, 5.41) is 8.59. The summed E-state index contributed by atoms with van der Waals surface area (Å²) in [7, 11) is 1.56. The molecule has 0 radical (unpaired) electrons. The van der Waals surface area contributed by atoms with E-state index in [0.717, 1.165) is 32.6 Å². The molecular weight excluding hydrogens is 466 g/mol. The fourth-order valence-corrected chi connectivity index (χ4v) is 4.19. The molecule has 10 heteroatoms. The molecule has 0 saturated heterocycles. The largest absolute Gasteiger partial charge is 0.403 e. The third kappa shape index (κ3) is 7.59. The highest BCUT2D eigenvalue weighted by atomic mass is 19.3. The molecule has 36 heavy (non-hydrogen) atoms. The van der Waals surface area contributed by atoms with Gasteiger partial charge in [0.15, 0.2) is 0 Å². The highest BCUT2D eigenvalue weighted by molar-refractivity contribution is 5.99. The number of carbonyl (C=O) groups excluding carboxylic acids is 2. The van der Waals surface area contributed by atoms with E-state index < -0.39 is 17.9 Å². The maximum absolute atomic E-state index is 13.6. The first-order valence-electron chi connectivity index (χ1n) is 11.9. The van der Waals surface area contributed by atoms with E-state index in [-0.39, 0.29) is 11.6 Å². The lowest BCUT2D eigenvalue weighted by Crippen LogP contribution is -2.47. The van der Waals surface area contributed by atoms with Crippen LogP contribution in [0.2, 0.25) is 0 Å². The van der Waals surface area contributed by atoms with E-state index in [1.807, 2.05) is 0 Å². The van der Waals surface area contributed by atoms with E-state index in [2.05, 4.69) is 25.9 Å². The van der Waals surface area contributed by atoms with Gasteiger partial charge in [0, 0.05) is 49.5 Å². The number of allylic oxidation sites excluding steroid dienone is 1. The summed E-state index contributed by atoms with van der Waals surface area (Å²) in [6.07, 6.45) is 8.73. The molecule has 0 unspecified atom stereocenters. The summed E-state index contributed by atoms with van der Waals surface area (Å²) < 4.78 is 27.3. The van der Waals surface area contributed by atoms with Crippen LogP contribution >= 0.6 is 0 Å². The van der Waals surface area contributed by atoms with Crippen LogP contribution in [0, 0.1) is 5.92 Å². The molecule has 0 aliphatic heterocycles. The van der Waals surface area contributed by atoms with Crippen LogP contribution < -0.4 is 21.7 Å². The first-order chi connectivity index (χ1) is 17.2. The SMILES string of the molecule is CN=C/C(=C\N)NC(=O)[C@H](CC1CCCC1)NC(=O)c1cccc(Nc2ccnc(C(C)(F)F)c2)c1. The zero-order valence-electron chi connectivity index (χ0n) is 20.4. The number of carbonyl (C=O) groups is 2. The number of nitrogens with two attached hydrogens (primary N) is 1. The minimum Gasteiger partial charge on any atom is -0.403 e. The number of pyridine rings is 1. The lowest BCUT2D eigenvalue weighted by Gasteiger charge is -2.22. The molecule has 8 nitrogen and oxygen atoms in total. The van der Waals surface area contributed by atoms with Gasteiger partial charge in [-0.1, -0.05) is 31.7 Å². The van der Waals surface area contributed by atoms with Crippen molar-refractivity contribution in [2.75, 3.05) is 12.4 Å². The smallest absolute Gasteiger partial charge is 0.287 e. The van der Waals surface area contributed by atoms with E-state index in [1.165, 1.54) is 24.7 Å². The number of hydrogen-bond acceptors (Lipinski definition) is 6. The van der Waals surface area contributed by atoms with Crippen LogP contribution in [-0.2, 0) is 10.7 Å². The van der Waals surface area contributed by atoms with Gasteiger partial charge in [-0.05, 0) is 42.7 Å². The minimum absolute atomic E-state index is 0.323. The van der Waals surface area contributed by atoms with Crippen molar-refractivity contribution in [2.24, 2.45) is 16.6 Å². The van der Waals surface area contributed by atoms with Crippen molar-refractivity contribution >= 4 is 29.4 Å². The Morgan fingerprint density at radius 2 is 1.94 bits per heavy atom. The van der Waals surface area contributed by atoms with Crippen molar-refractivity contribution in [2.45, 2.75) is 51.0 Å². The molecule has 0 bridgehead atoms. The van der Waals surface area contributed by atoms with E-state index in [4.69, 9.17) is 5.73 Å². The van der Waals surface area contributed by atoms with Gasteiger partial charge in [0.25, 0.3) is 11.8 Å². The number of benzene rings is 1. The van der Waals surface area contributed by atoms with Gasteiger partial charge in [-0.3, -0.25) is 19.6 Å². The third-order valence-electron chi connectivity index (χ3n) is 6.00. The lowest BCUT2D eigenvalue weighted by molar-refractivity contribution is -0.122. The van der Waals surface area contributed by atoms with Crippen LogP contribution in [0.4, 0.5) is 20.2 Å². The number of nitrogens with one attached hydrogen (secondary N) is 3. The number of anilines is 2. The Kier molecular flexibility index (Phi) is 9.10. The highest BCUT2D eigenvalue weighted by Gasteiger charge is 2.28. The van der Waals surface area contributed by atoms with Crippen molar-refractivity contribution < 1.29 is 18.4 Å². The topological polar surface area (TPSA) is 121 Å².